The summed E-state index contributed by atoms with van der Waals surface area (Å²) in [6.07, 6.45) is 2.14. The number of aromatic nitrogens is 2. The molecule has 1 saturated heterocycles. The lowest BCUT2D eigenvalue weighted by Crippen LogP contribution is -2.29. The van der Waals surface area contributed by atoms with Gasteiger partial charge in [0.05, 0.1) is 19.9 Å². The van der Waals surface area contributed by atoms with Gasteiger partial charge < -0.3 is 14.4 Å². The number of benzene rings is 1. The molecule has 1 amide bonds. The minimum Gasteiger partial charge on any atom is -0.497 e. The van der Waals surface area contributed by atoms with Crippen molar-refractivity contribution in [2.24, 2.45) is 7.05 Å². The predicted octanol–water partition coefficient (Wildman–Crippen LogP) is 2.34. The highest BCUT2D eigenvalue weighted by Crippen LogP contribution is 2.33. The first-order valence-electron chi connectivity index (χ1n) is 7.69. The summed E-state index contributed by atoms with van der Waals surface area (Å²) < 4.78 is 12.3. The van der Waals surface area contributed by atoms with E-state index < -0.39 is 0 Å². The van der Waals surface area contributed by atoms with Crippen LogP contribution in [0.2, 0.25) is 0 Å². The van der Waals surface area contributed by atoms with E-state index in [9.17, 15) is 4.79 Å². The minimum atomic E-state index is 0.0382. The first-order chi connectivity index (χ1) is 11.1. The van der Waals surface area contributed by atoms with E-state index in [2.05, 4.69) is 5.10 Å². The van der Waals surface area contributed by atoms with E-state index in [1.54, 1.807) is 25.9 Å². The highest BCUT2D eigenvalue weighted by molar-refractivity contribution is 5.94. The fourth-order valence-electron chi connectivity index (χ4n) is 2.89. The van der Waals surface area contributed by atoms with E-state index in [0.717, 1.165) is 42.9 Å². The van der Waals surface area contributed by atoms with Crippen LogP contribution in [0.1, 0.15) is 23.3 Å². The van der Waals surface area contributed by atoms with Gasteiger partial charge in [0, 0.05) is 31.8 Å². The molecule has 2 aromatic rings. The quantitative estimate of drug-likeness (QED) is 0.869. The second kappa shape index (κ2) is 6.32. The van der Waals surface area contributed by atoms with Gasteiger partial charge in [0.1, 0.15) is 17.2 Å². The number of carbonyl (C=O) groups excluding carboxylic acids is 1. The van der Waals surface area contributed by atoms with Crippen LogP contribution in [0.15, 0.2) is 24.3 Å². The van der Waals surface area contributed by atoms with Gasteiger partial charge in [-0.2, -0.15) is 5.10 Å². The highest BCUT2D eigenvalue weighted by Gasteiger charge is 2.23. The first-order valence-corrected chi connectivity index (χ1v) is 7.69. The van der Waals surface area contributed by atoms with Crippen LogP contribution in [0.3, 0.4) is 0 Å². The predicted molar refractivity (Wildman–Crippen MR) is 86.9 cm³/mol. The second-order valence-electron chi connectivity index (χ2n) is 5.60. The van der Waals surface area contributed by atoms with E-state index in [0.29, 0.717) is 11.4 Å². The number of rotatable bonds is 4. The van der Waals surface area contributed by atoms with Crippen LogP contribution >= 0.6 is 0 Å². The minimum absolute atomic E-state index is 0.0382. The van der Waals surface area contributed by atoms with E-state index in [1.807, 2.05) is 29.2 Å². The summed E-state index contributed by atoms with van der Waals surface area (Å²) in [4.78, 5) is 14.5. The SMILES string of the molecule is COc1ccc(-c2cc(C(=O)N3CCCC3)n(C)n2)c(OC)c1. The molecular formula is C17H21N3O3. The monoisotopic (exact) mass is 315 g/mol. The van der Waals surface area contributed by atoms with Crippen molar-refractivity contribution in [3.05, 3.63) is 30.0 Å². The Bertz CT molecular complexity index is 718. The van der Waals surface area contributed by atoms with E-state index in [1.165, 1.54) is 0 Å². The third kappa shape index (κ3) is 2.88. The lowest BCUT2D eigenvalue weighted by atomic mass is 10.1. The number of nitrogens with zero attached hydrogens (tertiary/aromatic N) is 3. The second-order valence-corrected chi connectivity index (χ2v) is 5.60. The van der Waals surface area contributed by atoms with E-state index >= 15 is 0 Å². The molecule has 6 nitrogen and oxygen atoms in total. The van der Waals surface area contributed by atoms with Gasteiger partial charge in [0.25, 0.3) is 5.91 Å². The molecule has 0 aliphatic carbocycles. The molecule has 0 unspecified atom stereocenters. The van der Waals surface area contributed by atoms with Crippen molar-refractivity contribution in [1.29, 1.82) is 0 Å². The van der Waals surface area contributed by atoms with Crippen molar-refractivity contribution >= 4 is 5.91 Å². The van der Waals surface area contributed by atoms with Crippen molar-refractivity contribution < 1.29 is 14.3 Å². The van der Waals surface area contributed by atoms with Crippen LogP contribution in [0.4, 0.5) is 0 Å². The Labute approximate surface area is 135 Å². The molecule has 1 aliphatic rings. The highest BCUT2D eigenvalue weighted by atomic mass is 16.5. The average Bonchev–Trinajstić information content (AvgIpc) is 3.23. The fourth-order valence-corrected chi connectivity index (χ4v) is 2.89. The molecular weight excluding hydrogens is 294 g/mol. The van der Waals surface area contributed by atoms with Crippen LogP contribution < -0.4 is 9.47 Å². The normalized spacial score (nSPS) is 14.1. The van der Waals surface area contributed by atoms with Crippen molar-refractivity contribution in [2.75, 3.05) is 27.3 Å². The molecule has 1 aromatic heterocycles. The van der Waals surface area contributed by atoms with E-state index in [4.69, 9.17) is 9.47 Å². The zero-order valence-corrected chi connectivity index (χ0v) is 13.7. The molecule has 1 aromatic carbocycles. The van der Waals surface area contributed by atoms with Crippen molar-refractivity contribution in [1.82, 2.24) is 14.7 Å². The summed E-state index contributed by atoms with van der Waals surface area (Å²) in [7, 11) is 5.02. The van der Waals surface area contributed by atoms with Gasteiger partial charge in [-0.1, -0.05) is 0 Å². The maximum Gasteiger partial charge on any atom is 0.272 e. The Morgan fingerprint density at radius 3 is 2.52 bits per heavy atom. The van der Waals surface area contributed by atoms with Gasteiger partial charge >= 0.3 is 0 Å². The number of aryl methyl sites for hydroxylation is 1. The largest absolute Gasteiger partial charge is 0.497 e. The Morgan fingerprint density at radius 2 is 1.87 bits per heavy atom. The molecule has 6 heteroatoms. The molecule has 0 N–H and O–H groups in total. The van der Waals surface area contributed by atoms with Gasteiger partial charge in [0.15, 0.2) is 0 Å². The summed E-state index contributed by atoms with van der Waals surface area (Å²) in [5.41, 5.74) is 2.15. The number of ether oxygens (including phenoxy) is 2. The number of amides is 1. The van der Waals surface area contributed by atoms with Gasteiger partial charge in [-0.15, -0.1) is 0 Å². The van der Waals surface area contributed by atoms with E-state index in [-0.39, 0.29) is 5.91 Å². The zero-order chi connectivity index (χ0) is 16.4. The van der Waals surface area contributed by atoms with Crippen molar-refractivity contribution in [2.45, 2.75) is 12.8 Å². The number of hydrogen-bond donors (Lipinski definition) is 0. The van der Waals surface area contributed by atoms with Gasteiger partial charge in [-0.05, 0) is 31.0 Å². The van der Waals surface area contributed by atoms with Gasteiger partial charge in [-0.25, -0.2) is 0 Å². The smallest absolute Gasteiger partial charge is 0.272 e. The molecule has 3 rings (SSSR count). The summed E-state index contributed by atoms with van der Waals surface area (Å²) in [6, 6.07) is 7.38. The lowest BCUT2D eigenvalue weighted by Gasteiger charge is -2.14. The molecule has 122 valence electrons. The maximum absolute atomic E-state index is 12.6. The summed E-state index contributed by atoms with van der Waals surface area (Å²) in [5, 5.41) is 4.49. The molecule has 1 fully saturated rings. The van der Waals surface area contributed by atoms with Gasteiger partial charge in [-0.3, -0.25) is 9.48 Å². The fraction of sp³-hybridized carbons (Fsp3) is 0.412. The van der Waals surface area contributed by atoms with Crippen LogP contribution in [-0.2, 0) is 7.05 Å². The topological polar surface area (TPSA) is 56.6 Å². The maximum atomic E-state index is 12.6. The molecule has 0 radical (unpaired) electrons. The average molecular weight is 315 g/mol. The number of hydrogen-bond acceptors (Lipinski definition) is 4. The summed E-state index contributed by atoms with van der Waals surface area (Å²) in [6.45, 7) is 1.65. The van der Waals surface area contributed by atoms with Crippen LogP contribution in [0.5, 0.6) is 11.5 Å². The molecule has 2 heterocycles. The molecule has 0 spiro atoms. The standard InChI is InChI=1S/C17H21N3O3/c1-19-15(17(21)20-8-4-5-9-20)11-14(18-19)13-7-6-12(22-2)10-16(13)23-3/h6-7,10-11H,4-5,8-9H2,1-3H3. The third-order valence-electron chi connectivity index (χ3n) is 4.18. The molecule has 1 aliphatic heterocycles. The van der Waals surface area contributed by atoms with Crippen molar-refractivity contribution in [3.63, 3.8) is 0 Å². The summed E-state index contributed by atoms with van der Waals surface area (Å²) >= 11 is 0. The molecule has 0 bridgehead atoms. The number of methoxy groups -OCH3 is 2. The van der Waals surface area contributed by atoms with Crippen LogP contribution in [-0.4, -0.2) is 47.9 Å². The van der Waals surface area contributed by atoms with Crippen LogP contribution in [0.25, 0.3) is 11.3 Å². The molecule has 0 saturated carbocycles. The van der Waals surface area contributed by atoms with Gasteiger partial charge in [0.2, 0.25) is 0 Å². The lowest BCUT2D eigenvalue weighted by molar-refractivity contribution is 0.0782. The Balaban J connectivity index is 1.95. The van der Waals surface area contributed by atoms with Crippen molar-refractivity contribution in [3.8, 4) is 22.8 Å². The first kappa shape index (κ1) is 15.4. The zero-order valence-electron chi connectivity index (χ0n) is 13.7. The Hall–Kier alpha value is -2.50. The third-order valence-corrected chi connectivity index (χ3v) is 4.18. The number of likely N-dealkylation sites (tertiary alicyclic amines) is 1. The molecule has 23 heavy (non-hydrogen) atoms. The Morgan fingerprint density at radius 1 is 1.13 bits per heavy atom. The number of carbonyl (C=O) groups is 1. The van der Waals surface area contributed by atoms with Crippen LogP contribution in [0, 0.1) is 0 Å². The Kier molecular flexibility index (Phi) is 4.23. The summed E-state index contributed by atoms with van der Waals surface area (Å²) in [5.74, 6) is 1.42. The molecule has 0 atom stereocenters.